The average molecular weight is 444 g/mol. The second-order valence-corrected chi connectivity index (χ2v) is 9.99. The number of thioether (sulfide) groups is 1. The number of rotatable bonds is 5. The number of ether oxygens (including phenoxy) is 1. The Hall–Kier alpha value is -2.11. The van der Waals surface area contributed by atoms with Gasteiger partial charge in [-0.05, 0) is 62.3 Å². The number of halogens is 1. The third-order valence-corrected chi connectivity index (χ3v) is 7.26. The Bertz CT molecular complexity index is 1100. The van der Waals surface area contributed by atoms with Crippen LogP contribution in [0.3, 0.4) is 0 Å². The fourth-order valence-corrected chi connectivity index (χ4v) is 5.58. The molecular weight excluding hydrogens is 418 g/mol. The maximum atomic E-state index is 12.5. The number of aryl methyl sites for hydroxylation is 1. The van der Waals surface area contributed by atoms with Gasteiger partial charge >= 0.3 is 5.97 Å². The van der Waals surface area contributed by atoms with Crippen LogP contribution in [0.15, 0.2) is 41.3 Å². The molecule has 0 saturated carbocycles. The molecule has 4 nitrogen and oxygen atoms in total. The van der Waals surface area contributed by atoms with Gasteiger partial charge in [0, 0.05) is 39.5 Å². The topological polar surface area (TPSA) is 51.5 Å². The van der Waals surface area contributed by atoms with Gasteiger partial charge in [0.2, 0.25) is 0 Å². The summed E-state index contributed by atoms with van der Waals surface area (Å²) in [6, 6.07) is 11.7. The van der Waals surface area contributed by atoms with Gasteiger partial charge in [-0.2, -0.15) is 0 Å². The van der Waals surface area contributed by atoms with Gasteiger partial charge in [-0.25, -0.2) is 0 Å². The highest BCUT2D eigenvalue weighted by atomic mass is 35.5. The first kappa shape index (κ1) is 21.1. The van der Waals surface area contributed by atoms with E-state index in [2.05, 4.69) is 4.57 Å². The van der Waals surface area contributed by atoms with E-state index in [-0.39, 0.29) is 5.97 Å². The minimum atomic E-state index is -0.660. The smallest absolute Gasteiger partial charge is 0.311 e. The normalized spacial score (nSPS) is 14.0. The number of carbonyl (C=O) groups is 1. The molecule has 4 rings (SSSR count). The van der Waals surface area contributed by atoms with Gasteiger partial charge in [-0.3, -0.25) is 4.79 Å². The number of methoxy groups -OCH3 is 1. The second-order valence-electron chi connectivity index (χ2n) is 8.45. The predicted molar refractivity (Wildman–Crippen MR) is 123 cm³/mol. The molecule has 0 saturated heterocycles. The van der Waals surface area contributed by atoms with Crippen LogP contribution in [0.4, 0.5) is 0 Å². The van der Waals surface area contributed by atoms with Gasteiger partial charge in [0.25, 0.3) is 0 Å². The molecule has 0 bridgehead atoms. The van der Waals surface area contributed by atoms with E-state index in [0.29, 0.717) is 23.7 Å². The van der Waals surface area contributed by atoms with Crippen molar-refractivity contribution in [2.75, 3.05) is 12.9 Å². The monoisotopic (exact) mass is 443 g/mol. The summed E-state index contributed by atoms with van der Waals surface area (Å²) >= 11 is 7.91. The number of aromatic hydroxyl groups is 1. The predicted octanol–water partition coefficient (Wildman–Crippen LogP) is 5.83. The largest absolute Gasteiger partial charge is 0.508 e. The molecule has 158 valence electrons. The van der Waals surface area contributed by atoms with Crippen molar-refractivity contribution in [2.24, 2.45) is 5.41 Å². The Balaban J connectivity index is 1.93. The van der Waals surface area contributed by atoms with E-state index in [1.165, 1.54) is 12.0 Å². The van der Waals surface area contributed by atoms with Crippen molar-refractivity contribution in [3.63, 3.8) is 0 Å². The van der Waals surface area contributed by atoms with Crippen LogP contribution in [0.5, 0.6) is 5.75 Å². The number of aromatic nitrogens is 1. The quantitative estimate of drug-likeness (QED) is 0.504. The Labute approximate surface area is 186 Å². The maximum Gasteiger partial charge on any atom is 0.311 e. The lowest BCUT2D eigenvalue weighted by Gasteiger charge is -2.23. The van der Waals surface area contributed by atoms with Crippen molar-refractivity contribution in [2.45, 2.75) is 44.6 Å². The highest BCUT2D eigenvalue weighted by Gasteiger charge is 2.33. The maximum absolute atomic E-state index is 12.5. The summed E-state index contributed by atoms with van der Waals surface area (Å²) < 4.78 is 7.37. The number of benzene rings is 2. The van der Waals surface area contributed by atoms with Crippen LogP contribution in [0.25, 0.3) is 10.9 Å². The Morgan fingerprint density at radius 2 is 1.97 bits per heavy atom. The number of carbonyl (C=O) groups excluding carboxylic acids is 1. The first-order valence-corrected chi connectivity index (χ1v) is 11.5. The number of hydrogen-bond acceptors (Lipinski definition) is 4. The number of nitrogens with zero attached hydrogens (tertiary/aromatic N) is 1. The summed E-state index contributed by atoms with van der Waals surface area (Å²) in [5.74, 6) is 1.12. The van der Waals surface area contributed by atoms with Crippen LogP contribution >= 0.6 is 23.4 Å². The Morgan fingerprint density at radius 3 is 2.67 bits per heavy atom. The Morgan fingerprint density at radius 1 is 1.23 bits per heavy atom. The molecule has 0 radical (unpaired) electrons. The Kier molecular flexibility index (Phi) is 5.78. The lowest BCUT2D eigenvalue weighted by molar-refractivity contribution is -0.150. The lowest BCUT2D eigenvalue weighted by atomic mass is 9.87. The van der Waals surface area contributed by atoms with Gasteiger partial charge in [-0.15, -0.1) is 11.8 Å². The van der Waals surface area contributed by atoms with Crippen molar-refractivity contribution in [1.29, 1.82) is 0 Å². The van der Waals surface area contributed by atoms with E-state index in [1.54, 1.807) is 6.07 Å². The van der Waals surface area contributed by atoms with Crippen molar-refractivity contribution in [1.82, 2.24) is 4.57 Å². The first-order valence-electron chi connectivity index (χ1n) is 10.1. The summed E-state index contributed by atoms with van der Waals surface area (Å²) in [5, 5.41) is 12.4. The van der Waals surface area contributed by atoms with Gasteiger partial charge in [0.15, 0.2) is 0 Å². The number of phenolic OH excluding ortho intramolecular Hbond substituents is 1. The van der Waals surface area contributed by atoms with Crippen molar-refractivity contribution in [3.8, 4) is 5.75 Å². The van der Waals surface area contributed by atoms with E-state index in [0.717, 1.165) is 46.3 Å². The molecule has 1 aromatic heterocycles. The molecular formula is C24H26ClNO3S. The zero-order valence-electron chi connectivity index (χ0n) is 17.5. The number of esters is 1. The summed E-state index contributed by atoms with van der Waals surface area (Å²) in [5.41, 5.74) is 3.70. The summed E-state index contributed by atoms with van der Waals surface area (Å²) in [7, 11) is 1.44. The third-order valence-electron chi connectivity index (χ3n) is 5.79. The van der Waals surface area contributed by atoms with Gasteiger partial charge in [0.1, 0.15) is 5.75 Å². The van der Waals surface area contributed by atoms with E-state index in [9.17, 15) is 9.90 Å². The van der Waals surface area contributed by atoms with Gasteiger partial charge < -0.3 is 14.4 Å². The zero-order chi connectivity index (χ0) is 21.5. The molecule has 0 fully saturated rings. The van der Waals surface area contributed by atoms with Crippen LogP contribution in [-0.2, 0) is 28.9 Å². The van der Waals surface area contributed by atoms with Crippen LogP contribution in [-0.4, -0.2) is 28.5 Å². The van der Waals surface area contributed by atoms with E-state index < -0.39 is 5.41 Å². The summed E-state index contributed by atoms with van der Waals surface area (Å²) in [4.78, 5) is 13.6. The number of hydrogen-bond donors (Lipinski definition) is 1. The van der Waals surface area contributed by atoms with Crippen molar-refractivity contribution >= 4 is 40.2 Å². The van der Waals surface area contributed by atoms with E-state index >= 15 is 0 Å². The van der Waals surface area contributed by atoms with Crippen LogP contribution < -0.4 is 0 Å². The van der Waals surface area contributed by atoms with Crippen LogP contribution in [0.2, 0.25) is 5.02 Å². The highest BCUT2D eigenvalue weighted by Crippen LogP contribution is 2.44. The van der Waals surface area contributed by atoms with Crippen LogP contribution in [0.1, 0.15) is 37.1 Å². The minimum absolute atomic E-state index is 0.223. The van der Waals surface area contributed by atoms with E-state index in [1.807, 2.05) is 55.9 Å². The molecule has 2 heterocycles. The molecule has 2 aromatic carbocycles. The summed E-state index contributed by atoms with van der Waals surface area (Å²) in [6.07, 6.45) is 2.43. The fraction of sp³-hybridized carbons (Fsp3) is 0.375. The van der Waals surface area contributed by atoms with Gasteiger partial charge in [0.05, 0.1) is 18.0 Å². The molecule has 30 heavy (non-hydrogen) atoms. The highest BCUT2D eigenvalue weighted by molar-refractivity contribution is 7.99. The molecule has 1 aliphatic rings. The second kappa shape index (κ2) is 8.20. The van der Waals surface area contributed by atoms with Gasteiger partial charge in [-0.1, -0.05) is 23.7 Å². The molecule has 0 atom stereocenters. The zero-order valence-corrected chi connectivity index (χ0v) is 19.1. The molecule has 1 aliphatic heterocycles. The molecule has 0 spiro atoms. The minimum Gasteiger partial charge on any atom is -0.508 e. The lowest BCUT2D eigenvalue weighted by Crippen LogP contribution is -2.29. The van der Waals surface area contributed by atoms with Crippen molar-refractivity contribution < 1.29 is 14.6 Å². The third kappa shape index (κ3) is 3.81. The standard InChI is InChI=1S/C24H26ClNO3S/c1-24(2,23(28)29-3)13-19-22-21-17(5-4-12-30-22)20(27)11-10-18(21)26(19)14-15-6-8-16(25)9-7-15/h6-11,27H,4-5,12-14H2,1-3H3. The molecule has 0 amide bonds. The first-order chi connectivity index (χ1) is 14.3. The summed E-state index contributed by atoms with van der Waals surface area (Å²) in [6.45, 7) is 4.52. The average Bonchev–Trinajstić information content (AvgIpc) is 2.87. The van der Waals surface area contributed by atoms with Crippen LogP contribution in [0, 0.1) is 5.41 Å². The molecule has 3 aromatic rings. The SMILES string of the molecule is COC(=O)C(C)(C)Cc1c2c3c(c(O)ccc3n1Cc1ccc(Cl)cc1)CCCS2. The van der Waals surface area contributed by atoms with Crippen molar-refractivity contribution in [3.05, 3.63) is 58.2 Å². The molecule has 0 aliphatic carbocycles. The molecule has 6 heteroatoms. The van der Waals surface area contributed by atoms with E-state index in [4.69, 9.17) is 16.3 Å². The fourth-order valence-electron chi connectivity index (χ4n) is 4.24. The molecule has 0 unspecified atom stereocenters. The number of phenols is 1. The molecule has 1 N–H and O–H groups in total.